The van der Waals surface area contributed by atoms with E-state index in [0.717, 1.165) is 29.5 Å². The van der Waals surface area contributed by atoms with Gasteiger partial charge in [-0.05, 0) is 48.7 Å². The van der Waals surface area contributed by atoms with Crippen LogP contribution in [-0.4, -0.2) is 39.0 Å². The maximum absolute atomic E-state index is 12.7. The van der Waals surface area contributed by atoms with Gasteiger partial charge in [0.05, 0.1) is 11.6 Å². The van der Waals surface area contributed by atoms with E-state index in [0.29, 0.717) is 27.7 Å². The third-order valence-corrected chi connectivity index (χ3v) is 5.56. The normalized spacial score (nSPS) is 11.1. The van der Waals surface area contributed by atoms with Crippen LogP contribution in [0.15, 0.2) is 53.4 Å². The highest BCUT2D eigenvalue weighted by Crippen LogP contribution is 2.33. The van der Waals surface area contributed by atoms with Crippen molar-refractivity contribution in [3.63, 3.8) is 0 Å². The average molecular weight is 392 g/mol. The Hall–Kier alpha value is -3.06. The molecule has 0 N–H and O–H groups in total. The second-order valence-electron chi connectivity index (χ2n) is 6.39. The summed E-state index contributed by atoms with van der Waals surface area (Å²) in [5.74, 6) is 0.0147. The number of carbonyl (C=O) groups excluding carboxylic acids is 1. The second-order valence-corrected chi connectivity index (χ2v) is 7.42. The molecule has 0 bridgehead atoms. The minimum atomic E-state index is 0.0147. The van der Waals surface area contributed by atoms with Crippen LogP contribution in [0.5, 0.6) is 0 Å². The van der Waals surface area contributed by atoms with Crippen LogP contribution in [-0.2, 0) is 0 Å². The molecule has 0 radical (unpaired) electrons. The van der Waals surface area contributed by atoms with Crippen LogP contribution in [0, 0.1) is 0 Å². The number of rotatable bonds is 6. The zero-order chi connectivity index (χ0) is 19.5. The number of aromatic nitrogens is 3. The van der Waals surface area contributed by atoms with Crippen molar-refractivity contribution < 1.29 is 9.32 Å². The fourth-order valence-electron chi connectivity index (χ4n) is 3.13. The van der Waals surface area contributed by atoms with Crippen molar-refractivity contribution in [3.8, 4) is 21.8 Å². The van der Waals surface area contributed by atoms with E-state index in [-0.39, 0.29) is 5.91 Å². The van der Waals surface area contributed by atoms with Gasteiger partial charge in [-0.25, -0.2) is 4.98 Å². The first-order valence-corrected chi connectivity index (χ1v) is 10.1. The fourth-order valence-corrected chi connectivity index (χ4v) is 4.01. The summed E-state index contributed by atoms with van der Waals surface area (Å²) in [7, 11) is 0. The first kappa shape index (κ1) is 18.3. The van der Waals surface area contributed by atoms with Gasteiger partial charge in [-0.1, -0.05) is 18.1 Å². The molecule has 4 aromatic rings. The molecule has 6 nitrogen and oxygen atoms in total. The lowest BCUT2D eigenvalue weighted by Gasteiger charge is -2.18. The second kappa shape index (κ2) is 7.90. The molecule has 0 aliphatic heterocycles. The Balaban J connectivity index is 1.65. The molecule has 0 unspecified atom stereocenters. The number of amides is 1. The van der Waals surface area contributed by atoms with Gasteiger partial charge in [0.2, 0.25) is 0 Å². The van der Waals surface area contributed by atoms with Crippen LogP contribution < -0.4 is 0 Å². The molecule has 3 aromatic heterocycles. The van der Waals surface area contributed by atoms with Gasteiger partial charge in [0.15, 0.2) is 5.58 Å². The van der Waals surface area contributed by atoms with Crippen molar-refractivity contribution in [2.75, 3.05) is 13.1 Å². The van der Waals surface area contributed by atoms with Gasteiger partial charge in [-0.2, -0.15) is 0 Å². The van der Waals surface area contributed by atoms with Crippen molar-refractivity contribution in [3.05, 3.63) is 53.8 Å². The Kier molecular flexibility index (Phi) is 5.16. The minimum Gasteiger partial charge on any atom is -0.356 e. The van der Waals surface area contributed by atoms with E-state index in [1.54, 1.807) is 18.6 Å². The Morgan fingerprint density at radius 2 is 1.96 bits per heavy atom. The number of pyridine rings is 1. The van der Waals surface area contributed by atoms with Gasteiger partial charge in [0.1, 0.15) is 15.6 Å². The predicted molar refractivity (Wildman–Crippen MR) is 110 cm³/mol. The number of thiazole rings is 1. The molecule has 0 spiro atoms. The monoisotopic (exact) mass is 392 g/mol. The molecule has 28 heavy (non-hydrogen) atoms. The van der Waals surface area contributed by atoms with Gasteiger partial charge < -0.3 is 9.42 Å². The van der Waals surface area contributed by atoms with Gasteiger partial charge in [0, 0.05) is 25.5 Å². The lowest BCUT2D eigenvalue weighted by molar-refractivity contribution is 0.0769. The summed E-state index contributed by atoms with van der Waals surface area (Å²) in [4.78, 5) is 23.6. The zero-order valence-corrected chi connectivity index (χ0v) is 16.6. The van der Waals surface area contributed by atoms with E-state index in [1.807, 2.05) is 42.2 Å². The lowest BCUT2D eigenvalue weighted by Crippen LogP contribution is -2.30. The highest BCUT2D eigenvalue weighted by molar-refractivity contribution is 7.17. The van der Waals surface area contributed by atoms with E-state index in [2.05, 4.69) is 22.0 Å². The molecule has 4 rings (SSSR count). The number of carbonyl (C=O) groups is 1. The molecular weight excluding hydrogens is 372 g/mol. The number of hydrogen-bond acceptors (Lipinski definition) is 6. The smallest absolute Gasteiger partial charge is 0.265 e. The first-order valence-electron chi connectivity index (χ1n) is 9.26. The molecule has 7 heteroatoms. The molecule has 142 valence electrons. The highest BCUT2D eigenvalue weighted by atomic mass is 32.1. The summed E-state index contributed by atoms with van der Waals surface area (Å²) in [6, 6.07) is 9.87. The van der Waals surface area contributed by atoms with Crippen molar-refractivity contribution in [2.45, 2.75) is 20.3 Å². The van der Waals surface area contributed by atoms with E-state index in [9.17, 15) is 4.79 Å². The third-order valence-electron chi connectivity index (χ3n) is 4.57. The number of hydrogen-bond donors (Lipinski definition) is 0. The Bertz CT molecular complexity index is 1100. The standard InChI is InChI=1S/C21H20N4O2S/c1-3-11-25(4-2)21(26)18-13-23-20(28-18)19-16-6-5-15(12-17(16)27-24-19)14-7-9-22-10-8-14/h5-10,12-13H,3-4,11H2,1-2H3. The van der Waals surface area contributed by atoms with Crippen LogP contribution in [0.3, 0.4) is 0 Å². The van der Waals surface area contributed by atoms with E-state index >= 15 is 0 Å². The SMILES string of the molecule is CCCN(CC)C(=O)c1cnc(-c2noc3cc(-c4ccncc4)ccc23)s1. The van der Waals surface area contributed by atoms with Gasteiger partial charge in [-0.3, -0.25) is 9.78 Å². The maximum atomic E-state index is 12.7. The van der Waals surface area contributed by atoms with Crippen molar-refractivity contribution in [1.29, 1.82) is 0 Å². The highest BCUT2D eigenvalue weighted by Gasteiger charge is 2.20. The zero-order valence-electron chi connectivity index (χ0n) is 15.8. The van der Waals surface area contributed by atoms with E-state index in [4.69, 9.17) is 4.52 Å². The van der Waals surface area contributed by atoms with Crippen LogP contribution in [0.2, 0.25) is 0 Å². The number of benzene rings is 1. The van der Waals surface area contributed by atoms with Gasteiger partial charge in [0.25, 0.3) is 5.91 Å². The summed E-state index contributed by atoms with van der Waals surface area (Å²) in [6.07, 6.45) is 6.08. The Morgan fingerprint density at radius 1 is 1.14 bits per heavy atom. The summed E-state index contributed by atoms with van der Waals surface area (Å²) < 4.78 is 5.55. The minimum absolute atomic E-state index is 0.0147. The molecule has 1 aromatic carbocycles. The topological polar surface area (TPSA) is 72.1 Å². The van der Waals surface area contributed by atoms with Gasteiger partial charge in [-0.15, -0.1) is 11.3 Å². The maximum Gasteiger partial charge on any atom is 0.265 e. The molecule has 0 saturated carbocycles. The molecule has 0 aliphatic rings. The van der Waals surface area contributed by atoms with Crippen molar-refractivity contribution in [1.82, 2.24) is 20.0 Å². The van der Waals surface area contributed by atoms with Crippen LogP contribution >= 0.6 is 11.3 Å². The predicted octanol–water partition coefficient (Wildman–Crippen LogP) is 4.89. The van der Waals surface area contributed by atoms with Crippen LogP contribution in [0.25, 0.3) is 32.8 Å². The number of nitrogens with zero attached hydrogens (tertiary/aromatic N) is 4. The molecular formula is C21H20N4O2S. The molecule has 0 atom stereocenters. The fraction of sp³-hybridized carbons (Fsp3) is 0.238. The third kappa shape index (κ3) is 3.41. The summed E-state index contributed by atoms with van der Waals surface area (Å²) in [6.45, 7) is 5.48. The Labute approximate surface area is 166 Å². The van der Waals surface area contributed by atoms with E-state index in [1.165, 1.54) is 11.3 Å². The molecule has 1 amide bonds. The van der Waals surface area contributed by atoms with Crippen LogP contribution in [0.1, 0.15) is 29.9 Å². The molecule has 0 saturated heterocycles. The van der Waals surface area contributed by atoms with Crippen molar-refractivity contribution >= 4 is 28.2 Å². The average Bonchev–Trinajstić information content (AvgIpc) is 3.38. The number of fused-ring (bicyclic) bond motifs is 1. The first-order chi connectivity index (χ1) is 13.7. The summed E-state index contributed by atoms with van der Waals surface area (Å²) in [5, 5.41) is 5.78. The molecule has 0 fully saturated rings. The summed E-state index contributed by atoms with van der Waals surface area (Å²) in [5.41, 5.74) is 3.45. The molecule has 3 heterocycles. The lowest BCUT2D eigenvalue weighted by atomic mass is 10.1. The van der Waals surface area contributed by atoms with Crippen molar-refractivity contribution in [2.24, 2.45) is 0 Å². The van der Waals surface area contributed by atoms with Crippen LogP contribution in [0.4, 0.5) is 0 Å². The largest absolute Gasteiger partial charge is 0.356 e. The van der Waals surface area contributed by atoms with Gasteiger partial charge >= 0.3 is 0 Å². The molecule has 0 aliphatic carbocycles. The van der Waals surface area contributed by atoms with E-state index < -0.39 is 0 Å². The quantitative estimate of drug-likeness (QED) is 0.467. The summed E-state index contributed by atoms with van der Waals surface area (Å²) >= 11 is 1.35. The Morgan fingerprint density at radius 3 is 2.71 bits per heavy atom.